The number of amides is 1. The van der Waals surface area contributed by atoms with Gasteiger partial charge in [-0.25, -0.2) is 0 Å². The van der Waals surface area contributed by atoms with E-state index in [0.29, 0.717) is 5.91 Å². The van der Waals surface area contributed by atoms with Crippen molar-refractivity contribution in [2.45, 2.75) is 50.9 Å². The maximum Gasteiger partial charge on any atom is 0.222 e. The summed E-state index contributed by atoms with van der Waals surface area (Å²) in [6.07, 6.45) is 6.55. The molecule has 1 aromatic carbocycles. The van der Waals surface area contributed by atoms with Gasteiger partial charge in [0.1, 0.15) is 0 Å². The highest BCUT2D eigenvalue weighted by molar-refractivity contribution is 5.85. The smallest absolute Gasteiger partial charge is 0.222 e. The molecule has 0 saturated carbocycles. The van der Waals surface area contributed by atoms with Crippen molar-refractivity contribution in [3.63, 3.8) is 0 Å². The first-order valence-electron chi connectivity index (χ1n) is 9.21. The van der Waals surface area contributed by atoms with Gasteiger partial charge in [0.2, 0.25) is 5.91 Å². The van der Waals surface area contributed by atoms with Gasteiger partial charge in [-0.15, -0.1) is 12.4 Å². The molecule has 4 heteroatoms. The van der Waals surface area contributed by atoms with Crippen molar-refractivity contribution in [1.29, 1.82) is 0 Å². The lowest BCUT2D eigenvalue weighted by molar-refractivity contribution is -0.133. The Balaban J connectivity index is 0.00000208. The van der Waals surface area contributed by atoms with Crippen LogP contribution in [-0.4, -0.2) is 37.0 Å². The van der Waals surface area contributed by atoms with E-state index in [4.69, 9.17) is 0 Å². The van der Waals surface area contributed by atoms with Gasteiger partial charge in [-0.3, -0.25) is 4.79 Å². The van der Waals surface area contributed by atoms with E-state index in [1.807, 2.05) is 0 Å². The van der Waals surface area contributed by atoms with Crippen molar-refractivity contribution >= 4 is 18.3 Å². The van der Waals surface area contributed by atoms with Crippen molar-refractivity contribution in [2.75, 3.05) is 26.2 Å². The number of likely N-dealkylation sites (tertiary alicyclic amines) is 1. The lowest BCUT2D eigenvalue weighted by Crippen LogP contribution is -2.47. The number of halogens is 1. The molecular weight excluding hydrogens is 320 g/mol. The van der Waals surface area contributed by atoms with Crippen molar-refractivity contribution in [3.8, 4) is 0 Å². The molecule has 0 spiro atoms. The van der Waals surface area contributed by atoms with Crippen molar-refractivity contribution in [3.05, 3.63) is 35.9 Å². The van der Waals surface area contributed by atoms with E-state index in [2.05, 4.69) is 47.5 Å². The molecule has 1 N–H and O–H groups in total. The monoisotopic (exact) mass is 350 g/mol. The summed E-state index contributed by atoms with van der Waals surface area (Å²) in [5.41, 5.74) is 1.49. The summed E-state index contributed by atoms with van der Waals surface area (Å²) >= 11 is 0. The van der Waals surface area contributed by atoms with Crippen LogP contribution in [0.3, 0.4) is 0 Å². The van der Waals surface area contributed by atoms with Crippen LogP contribution in [0.4, 0.5) is 0 Å². The Morgan fingerprint density at radius 1 is 1.25 bits per heavy atom. The number of benzene rings is 1. The van der Waals surface area contributed by atoms with Crippen LogP contribution in [0.1, 0.15) is 51.0 Å². The number of hydrogen-bond acceptors (Lipinski definition) is 2. The minimum atomic E-state index is 0. The first kappa shape index (κ1) is 19.3. The summed E-state index contributed by atoms with van der Waals surface area (Å²) in [6.45, 7) is 6.37. The zero-order chi connectivity index (χ0) is 16.1. The van der Waals surface area contributed by atoms with Crippen LogP contribution in [-0.2, 0) is 10.2 Å². The number of hydrogen-bond donors (Lipinski definition) is 1. The zero-order valence-electron chi connectivity index (χ0n) is 14.8. The second-order valence-electron chi connectivity index (χ2n) is 7.58. The fourth-order valence-corrected chi connectivity index (χ4v) is 4.18. The Kier molecular flexibility index (Phi) is 7.12. The second-order valence-corrected chi connectivity index (χ2v) is 7.58. The number of rotatable bonds is 4. The number of carbonyl (C=O) groups excluding carboxylic acids is 1. The molecule has 3 nitrogen and oxygen atoms in total. The van der Waals surface area contributed by atoms with Gasteiger partial charge >= 0.3 is 0 Å². The highest BCUT2D eigenvalue weighted by atomic mass is 35.5. The van der Waals surface area contributed by atoms with Crippen molar-refractivity contribution in [2.24, 2.45) is 5.92 Å². The van der Waals surface area contributed by atoms with Crippen LogP contribution < -0.4 is 5.32 Å². The highest BCUT2D eigenvalue weighted by Gasteiger charge is 2.34. The largest absolute Gasteiger partial charge is 0.342 e. The van der Waals surface area contributed by atoms with E-state index in [1.54, 1.807) is 0 Å². The Bertz CT molecular complexity index is 516. The van der Waals surface area contributed by atoms with Gasteiger partial charge in [0, 0.05) is 24.9 Å². The van der Waals surface area contributed by atoms with Gasteiger partial charge in [0.05, 0.1) is 0 Å². The quantitative estimate of drug-likeness (QED) is 0.896. The molecule has 2 heterocycles. The molecule has 1 amide bonds. The lowest BCUT2D eigenvalue weighted by Gasteiger charge is -2.41. The molecule has 2 saturated heterocycles. The minimum Gasteiger partial charge on any atom is -0.342 e. The van der Waals surface area contributed by atoms with Crippen LogP contribution in [0.2, 0.25) is 0 Å². The van der Waals surface area contributed by atoms with Gasteiger partial charge in [-0.05, 0) is 56.7 Å². The predicted molar refractivity (Wildman–Crippen MR) is 102 cm³/mol. The first-order valence-corrected chi connectivity index (χ1v) is 9.21. The van der Waals surface area contributed by atoms with Gasteiger partial charge < -0.3 is 10.2 Å². The lowest BCUT2D eigenvalue weighted by atomic mass is 9.76. The number of carbonyl (C=O) groups is 1. The summed E-state index contributed by atoms with van der Waals surface area (Å²) in [5, 5.41) is 3.40. The summed E-state index contributed by atoms with van der Waals surface area (Å²) in [6, 6.07) is 10.7. The Hall–Kier alpha value is -1.06. The van der Waals surface area contributed by atoms with E-state index < -0.39 is 0 Å². The molecule has 0 aromatic heterocycles. The minimum absolute atomic E-state index is 0. The molecule has 1 aromatic rings. The summed E-state index contributed by atoms with van der Waals surface area (Å²) in [7, 11) is 0. The second kappa shape index (κ2) is 8.87. The van der Waals surface area contributed by atoms with E-state index >= 15 is 0 Å². The van der Waals surface area contributed by atoms with Gasteiger partial charge in [-0.2, -0.15) is 0 Å². The molecule has 0 aliphatic carbocycles. The molecule has 3 rings (SSSR count). The first-order chi connectivity index (χ1) is 11.2. The topological polar surface area (TPSA) is 32.3 Å². The number of nitrogens with one attached hydrogen (secondary N) is 1. The van der Waals surface area contributed by atoms with E-state index in [-0.39, 0.29) is 17.8 Å². The van der Waals surface area contributed by atoms with Gasteiger partial charge in [0.15, 0.2) is 0 Å². The average Bonchev–Trinajstić information content (AvgIpc) is 2.61. The average molecular weight is 351 g/mol. The van der Waals surface area contributed by atoms with Crippen LogP contribution >= 0.6 is 12.4 Å². The highest BCUT2D eigenvalue weighted by Crippen LogP contribution is 2.34. The molecule has 2 aliphatic heterocycles. The van der Waals surface area contributed by atoms with Gasteiger partial charge in [-0.1, -0.05) is 37.3 Å². The zero-order valence-corrected chi connectivity index (χ0v) is 15.6. The molecule has 0 bridgehead atoms. The van der Waals surface area contributed by atoms with Crippen molar-refractivity contribution < 1.29 is 4.79 Å². The van der Waals surface area contributed by atoms with Crippen LogP contribution in [0.15, 0.2) is 30.3 Å². The Morgan fingerprint density at radius 2 is 1.96 bits per heavy atom. The molecular formula is C20H31ClN2O. The maximum absolute atomic E-state index is 12.7. The molecule has 1 unspecified atom stereocenters. The molecule has 1 atom stereocenters. The maximum atomic E-state index is 12.7. The van der Waals surface area contributed by atoms with Gasteiger partial charge in [0.25, 0.3) is 0 Å². The third-order valence-corrected chi connectivity index (χ3v) is 5.75. The van der Waals surface area contributed by atoms with Crippen LogP contribution in [0, 0.1) is 5.92 Å². The molecule has 134 valence electrons. The fourth-order valence-electron chi connectivity index (χ4n) is 4.18. The van der Waals surface area contributed by atoms with Crippen molar-refractivity contribution in [1.82, 2.24) is 10.2 Å². The number of piperidine rings is 2. The molecule has 2 aliphatic rings. The SMILES string of the molecule is CC1(c2ccccc2)CCCN(C(=O)CCC2CCNCC2)C1.Cl. The standard InChI is InChI=1S/C20H30N2O.ClH/c1-20(18-6-3-2-4-7-18)12-5-15-22(16-20)19(23)9-8-17-10-13-21-14-11-17;/h2-4,6-7,17,21H,5,8-16H2,1H3;1H. The number of nitrogens with zero attached hydrogens (tertiary/aromatic N) is 1. The fraction of sp³-hybridized carbons (Fsp3) is 0.650. The van der Waals surface area contributed by atoms with E-state index in [0.717, 1.165) is 51.4 Å². The Labute approximate surface area is 152 Å². The predicted octanol–water partition coefficient (Wildman–Crippen LogP) is 3.77. The third-order valence-electron chi connectivity index (χ3n) is 5.75. The van der Waals surface area contributed by atoms with E-state index in [9.17, 15) is 4.79 Å². The normalized spacial score (nSPS) is 25.1. The summed E-state index contributed by atoms with van der Waals surface area (Å²) < 4.78 is 0. The van der Waals surface area contributed by atoms with Crippen LogP contribution in [0.25, 0.3) is 0 Å². The van der Waals surface area contributed by atoms with E-state index in [1.165, 1.54) is 24.8 Å². The third kappa shape index (κ3) is 4.73. The summed E-state index contributed by atoms with van der Waals surface area (Å²) in [5.74, 6) is 1.11. The molecule has 24 heavy (non-hydrogen) atoms. The Morgan fingerprint density at radius 3 is 2.67 bits per heavy atom. The molecule has 2 fully saturated rings. The molecule has 0 radical (unpaired) electrons. The van der Waals surface area contributed by atoms with Crippen LogP contribution in [0.5, 0.6) is 0 Å². The summed E-state index contributed by atoms with van der Waals surface area (Å²) in [4.78, 5) is 14.8.